The SMILES string of the molecule is CS(=O)(=O)CC(=O)Nc1cccnc1C(=O)O. The van der Waals surface area contributed by atoms with Gasteiger partial charge in [0, 0.05) is 12.5 Å². The Balaban J connectivity index is 2.89. The fraction of sp³-hybridized carbons (Fsp3) is 0.222. The summed E-state index contributed by atoms with van der Waals surface area (Å²) in [7, 11) is -3.46. The first-order chi connectivity index (χ1) is 7.79. The Morgan fingerprint density at radius 1 is 1.47 bits per heavy atom. The first-order valence-corrected chi connectivity index (χ1v) is 6.51. The van der Waals surface area contributed by atoms with Crippen LogP contribution in [-0.2, 0) is 14.6 Å². The van der Waals surface area contributed by atoms with Gasteiger partial charge >= 0.3 is 5.97 Å². The predicted octanol–water partition coefficient (Wildman–Crippen LogP) is -0.237. The summed E-state index contributed by atoms with van der Waals surface area (Å²) < 4.78 is 21.7. The van der Waals surface area contributed by atoms with Crippen molar-refractivity contribution >= 4 is 27.4 Å². The quantitative estimate of drug-likeness (QED) is 0.770. The van der Waals surface area contributed by atoms with Gasteiger partial charge in [0.1, 0.15) is 5.75 Å². The van der Waals surface area contributed by atoms with E-state index in [2.05, 4.69) is 10.3 Å². The van der Waals surface area contributed by atoms with Crippen molar-refractivity contribution in [2.75, 3.05) is 17.3 Å². The average Bonchev–Trinajstić information content (AvgIpc) is 2.14. The Labute approximate surface area is 97.4 Å². The van der Waals surface area contributed by atoms with Gasteiger partial charge in [0.15, 0.2) is 15.5 Å². The minimum atomic E-state index is -3.46. The number of nitrogens with one attached hydrogen (secondary N) is 1. The van der Waals surface area contributed by atoms with E-state index in [0.717, 1.165) is 6.26 Å². The molecule has 0 aromatic carbocycles. The molecule has 8 heteroatoms. The van der Waals surface area contributed by atoms with Crippen LogP contribution >= 0.6 is 0 Å². The second kappa shape index (κ2) is 4.91. The molecule has 0 aliphatic heterocycles. The molecule has 0 radical (unpaired) electrons. The summed E-state index contributed by atoms with van der Waals surface area (Å²) in [5.74, 6) is -2.82. The number of aromatic nitrogens is 1. The third-order valence-corrected chi connectivity index (χ3v) is 2.46. The summed E-state index contributed by atoms with van der Waals surface area (Å²) in [6.07, 6.45) is 2.17. The van der Waals surface area contributed by atoms with Crippen LogP contribution in [0, 0.1) is 0 Å². The van der Waals surface area contributed by atoms with Crippen molar-refractivity contribution in [3.05, 3.63) is 24.0 Å². The van der Waals surface area contributed by atoms with E-state index in [-0.39, 0.29) is 11.4 Å². The van der Waals surface area contributed by atoms with Gasteiger partial charge in [0.05, 0.1) is 5.69 Å². The van der Waals surface area contributed by atoms with E-state index in [0.29, 0.717) is 0 Å². The molecule has 1 aromatic heterocycles. The normalized spacial score (nSPS) is 10.9. The zero-order valence-electron chi connectivity index (χ0n) is 8.87. The fourth-order valence-corrected chi connectivity index (χ4v) is 1.65. The molecule has 17 heavy (non-hydrogen) atoms. The summed E-state index contributed by atoms with van der Waals surface area (Å²) in [6, 6.07) is 2.76. The first-order valence-electron chi connectivity index (χ1n) is 4.45. The van der Waals surface area contributed by atoms with Crippen LogP contribution in [0.4, 0.5) is 5.69 Å². The second-order valence-corrected chi connectivity index (χ2v) is 5.46. The highest BCUT2D eigenvalue weighted by Gasteiger charge is 2.16. The largest absolute Gasteiger partial charge is 0.476 e. The molecule has 0 spiro atoms. The molecule has 0 fully saturated rings. The van der Waals surface area contributed by atoms with Crippen molar-refractivity contribution in [3.8, 4) is 0 Å². The van der Waals surface area contributed by atoms with Crippen LogP contribution in [0.5, 0.6) is 0 Å². The number of hydrogen-bond acceptors (Lipinski definition) is 5. The average molecular weight is 258 g/mol. The molecule has 2 N–H and O–H groups in total. The number of rotatable bonds is 4. The van der Waals surface area contributed by atoms with Gasteiger partial charge < -0.3 is 10.4 Å². The number of carboxylic acids is 1. The molecule has 1 rings (SSSR count). The van der Waals surface area contributed by atoms with E-state index in [9.17, 15) is 18.0 Å². The molecule has 1 amide bonds. The van der Waals surface area contributed by atoms with Crippen LogP contribution in [0.3, 0.4) is 0 Å². The van der Waals surface area contributed by atoms with E-state index in [1.54, 1.807) is 0 Å². The predicted molar refractivity (Wildman–Crippen MR) is 59.5 cm³/mol. The van der Waals surface area contributed by atoms with Crippen LogP contribution in [0.15, 0.2) is 18.3 Å². The Morgan fingerprint density at radius 3 is 2.65 bits per heavy atom. The number of carbonyl (C=O) groups excluding carboxylic acids is 1. The van der Waals surface area contributed by atoms with E-state index >= 15 is 0 Å². The lowest BCUT2D eigenvalue weighted by Crippen LogP contribution is -2.23. The Morgan fingerprint density at radius 2 is 2.12 bits per heavy atom. The molecular formula is C9H10N2O5S. The standard InChI is InChI=1S/C9H10N2O5S/c1-17(15,16)5-7(12)11-6-3-2-4-10-8(6)9(13)14/h2-4H,5H2,1H3,(H,11,12)(H,13,14). The molecular weight excluding hydrogens is 248 g/mol. The third-order valence-electron chi connectivity index (χ3n) is 1.68. The molecule has 1 aromatic rings. The lowest BCUT2D eigenvalue weighted by molar-refractivity contribution is -0.113. The zero-order chi connectivity index (χ0) is 13.1. The van der Waals surface area contributed by atoms with Crippen LogP contribution in [0.1, 0.15) is 10.5 Å². The smallest absolute Gasteiger partial charge is 0.356 e. The lowest BCUT2D eigenvalue weighted by Gasteiger charge is -2.06. The number of aromatic carboxylic acids is 1. The molecule has 0 aliphatic carbocycles. The Hall–Kier alpha value is -1.96. The first kappa shape index (κ1) is 13.1. The second-order valence-electron chi connectivity index (χ2n) is 3.32. The monoisotopic (exact) mass is 258 g/mol. The van der Waals surface area contributed by atoms with Crippen molar-refractivity contribution < 1.29 is 23.1 Å². The maximum Gasteiger partial charge on any atom is 0.356 e. The van der Waals surface area contributed by atoms with Gasteiger partial charge in [-0.05, 0) is 12.1 Å². The molecule has 1 heterocycles. The number of nitrogens with zero attached hydrogens (tertiary/aromatic N) is 1. The lowest BCUT2D eigenvalue weighted by atomic mass is 10.3. The summed E-state index contributed by atoms with van der Waals surface area (Å²) in [5, 5.41) is 11.0. The van der Waals surface area contributed by atoms with Crippen molar-refractivity contribution in [2.24, 2.45) is 0 Å². The van der Waals surface area contributed by atoms with Gasteiger partial charge in [-0.2, -0.15) is 0 Å². The van der Waals surface area contributed by atoms with Crippen LogP contribution < -0.4 is 5.32 Å². The van der Waals surface area contributed by atoms with Crippen LogP contribution in [-0.4, -0.2) is 42.4 Å². The number of hydrogen-bond donors (Lipinski definition) is 2. The Bertz CT molecular complexity index is 552. The number of pyridine rings is 1. The van der Waals surface area contributed by atoms with Crippen LogP contribution in [0.25, 0.3) is 0 Å². The molecule has 0 atom stereocenters. The molecule has 0 saturated carbocycles. The van der Waals surface area contributed by atoms with Crippen LogP contribution in [0.2, 0.25) is 0 Å². The maximum absolute atomic E-state index is 11.3. The van der Waals surface area contributed by atoms with Crippen molar-refractivity contribution in [1.29, 1.82) is 0 Å². The molecule has 0 unspecified atom stereocenters. The number of carboxylic acid groups (broad SMARTS) is 1. The van der Waals surface area contributed by atoms with Crippen molar-refractivity contribution in [3.63, 3.8) is 0 Å². The number of anilines is 1. The zero-order valence-corrected chi connectivity index (χ0v) is 9.69. The van der Waals surface area contributed by atoms with Gasteiger partial charge in [-0.15, -0.1) is 0 Å². The summed E-state index contributed by atoms with van der Waals surface area (Å²) in [6.45, 7) is 0. The topological polar surface area (TPSA) is 113 Å². The fourth-order valence-electron chi connectivity index (χ4n) is 1.10. The van der Waals surface area contributed by atoms with E-state index in [1.165, 1.54) is 18.3 Å². The molecule has 0 bridgehead atoms. The number of sulfone groups is 1. The minimum absolute atomic E-state index is 0.0337. The van der Waals surface area contributed by atoms with Gasteiger partial charge in [-0.25, -0.2) is 18.2 Å². The van der Waals surface area contributed by atoms with Crippen molar-refractivity contribution in [2.45, 2.75) is 0 Å². The van der Waals surface area contributed by atoms with E-state index < -0.39 is 27.5 Å². The minimum Gasteiger partial charge on any atom is -0.476 e. The third kappa shape index (κ3) is 4.19. The molecule has 0 aliphatic rings. The Kier molecular flexibility index (Phi) is 3.79. The highest BCUT2D eigenvalue weighted by atomic mass is 32.2. The van der Waals surface area contributed by atoms with Gasteiger partial charge in [-0.1, -0.05) is 0 Å². The molecule has 7 nitrogen and oxygen atoms in total. The summed E-state index contributed by atoms with van der Waals surface area (Å²) >= 11 is 0. The molecule has 92 valence electrons. The van der Waals surface area contributed by atoms with Gasteiger partial charge in [0.2, 0.25) is 5.91 Å². The summed E-state index contributed by atoms with van der Waals surface area (Å²) in [4.78, 5) is 25.6. The van der Waals surface area contributed by atoms with E-state index in [1.807, 2.05) is 0 Å². The maximum atomic E-state index is 11.3. The number of amides is 1. The summed E-state index contributed by atoms with van der Waals surface area (Å²) in [5.41, 5.74) is -0.372. The van der Waals surface area contributed by atoms with Gasteiger partial charge in [0.25, 0.3) is 0 Å². The van der Waals surface area contributed by atoms with Gasteiger partial charge in [-0.3, -0.25) is 4.79 Å². The highest BCUT2D eigenvalue weighted by molar-refractivity contribution is 7.91. The molecule has 0 saturated heterocycles. The van der Waals surface area contributed by atoms with E-state index in [4.69, 9.17) is 5.11 Å². The number of carbonyl (C=O) groups is 2. The highest BCUT2D eigenvalue weighted by Crippen LogP contribution is 2.11. The van der Waals surface area contributed by atoms with Crippen molar-refractivity contribution in [1.82, 2.24) is 4.98 Å².